The molecule has 0 radical (unpaired) electrons. The summed E-state index contributed by atoms with van der Waals surface area (Å²) in [6.45, 7) is 3.12. The third-order valence-corrected chi connectivity index (χ3v) is 7.15. The quantitative estimate of drug-likeness (QED) is 0.218. The van der Waals surface area contributed by atoms with E-state index in [0.717, 1.165) is 49.1 Å². The molecule has 36 heavy (non-hydrogen) atoms. The van der Waals surface area contributed by atoms with Gasteiger partial charge in [-0.1, -0.05) is 52.3 Å². The van der Waals surface area contributed by atoms with Crippen molar-refractivity contribution in [1.82, 2.24) is 4.98 Å². The molecule has 1 aliphatic carbocycles. The van der Waals surface area contributed by atoms with E-state index in [9.17, 15) is 14.7 Å². The number of pyridine rings is 1. The van der Waals surface area contributed by atoms with Gasteiger partial charge in [-0.25, -0.2) is 0 Å². The number of aromatic hydroxyl groups is 1. The highest BCUT2D eigenvalue weighted by Crippen LogP contribution is 2.50. The Hall–Kier alpha value is -3.77. The maximum atomic E-state index is 11.8. The predicted molar refractivity (Wildman–Crippen MR) is 143 cm³/mol. The fourth-order valence-electron chi connectivity index (χ4n) is 4.95. The van der Waals surface area contributed by atoms with E-state index in [4.69, 9.17) is 4.74 Å². The van der Waals surface area contributed by atoms with E-state index in [0.29, 0.717) is 12.0 Å². The number of rotatable bonds is 5. The Kier molecular flexibility index (Phi) is 6.46. The van der Waals surface area contributed by atoms with E-state index in [-0.39, 0.29) is 30.0 Å². The zero-order valence-corrected chi connectivity index (χ0v) is 21.5. The van der Waals surface area contributed by atoms with Crippen molar-refractivity contribution in [3.05, 3.63) is 94.1 Å². The summed E-state index contributed by atoms with van der Waals surface area (Å²) in [6, 6.07) is 21.3. The Labute approximate surface area is 217 Å². The van der Waals surface area contributed by atoms with Crippen LogP contribution >= 0.6 is 15.9 Å². The zero-order valence-electron chi connectivity index (χ0n) is 19.9. The molecule has 3 aromatic carbocycles. The smallest absolute Gasteiger partial charge is 0.302 e. The number of aromatic nitrogens is 1. The second-order valence-corrected chi connectivity index (χ2v) is 9.87. The van der Waals surface area contributed by atoms with Crippen LogP contribution in [0.25, 0.3) is 33.5 Å². The van der Waals surface area contributed by atoms with Crippen molar-refractivity contribution in [3.8, 4) is 39.3 Å². The molecule has 6 heteroatoms. The van der Waals surface area contributed by atoms with Crippen molar-refractivity contribution in [1.29, 1.82) is 0 Å². The lowest BCUT2D eigenvalue weighted by Crippen LogP contribution is -2.20. The third-order valence-electron chi connectivity index (χ3n) is 6.62. The minimum Gasteiger partial charge on any atom is -0.507 e. The summed E-state index contributed by atoms with van der Waals surface area (Å²) in [5.41, 5.74) is 7.89. The fourth-order valence-corrected chi connectivity index (χ4v) is 5.21. The largest absolute Gasteiger partial charge is 0.507 e. The van der Waals surface area contributed by atoms with Crippen LogP contribution in [0.3, 0.4) is 0 Å². The van der Waals surface area contributed by atoms with Crippen LogP contribution in [0.5, 0.6) is 5.75 Å². The standard InChI is InChI=1S/C30H24BrNO4/c1-17(33)20-8-12-27(32-15-20)24-4-3-5-25-26(24)14-21(16-36-18(2)34)29-23(11-13-28(35)30(25)29)19-6-9-22(31)10-7-19/h3-13,15,21,35H,14,16H2,1-2H3. The van der Waals surface area contributed by atoms with Gasteiger partial charge in [-0.05, 0) is 71.5 Å². The van der Waals surface area contributed by atoms with Gasteiger partial charge in [0.25, 0.3) is 0 Å². The number of benzene rings is 3. The summed E-state index contributed by atoms with van der Waals surface area (Å²) < 4.78 is 6.49. The minimum atomic E-state index is -0.345. The predicted octanol–water partition coefficient (Wildman–Crippen LogP) is 6.96. The molecule has 1 aromatic heterocycles. The van der Waals surface area contributed by atoms with E-state index in [1.54, 1.807) is 18.3 Å². The minimum absolute atomic E-state index is 0.0371. The Bertz CT molecular complexity index is 1480. The molecule has 4 aromatic rings. The number of halogens is 1. The molecule has 1 aliphatic rings. The molecule has 0 aliphatic heterocycles. The third kappa shape index (κ3) is 4.44. The number of nitrogens with zero attached hydrogens (tertiary/aromatic N) is 1. The molecule has 5 nitrogen and oxygen atoms in total. The van der Waals surface area contributed by atoms with Gasteiger partial charge in [0.05, 0.1) is 12.3 Å². The normalized spacial score (nSPS) is 14.0. The van der Waals surface area contributed by atoms with Gasteiger partial charge in [-0.3, -0.25) is 14.6 Å². The fraction of sp³-hybridized carbons (Fsp3) is 0.167. The summed E-state index contributed by atoms with van der Waals surface area (Å²) in [5.74, 6) is -0.371. The first-order valence-electron chi connectivity index (χ1n) is 11.7. The number of ether oxygens (including phenoxy) is 1. The Morgan fingerprint density at radius 1 is 0.972 bits per heavy atom. The van der Waals surface area contributed by atoms with Crippen molar-refractivity contribution in [2.45, 2.75) is 26.2 Å². The highest BCUT2D eigenvalue weighted by molar-refractivity contribution is 9.10. The molecule has 5 rings (SSSR count). The van der Waals surface area contributed by atoms with Gasteiger partial charge in [0.2, 0.25) is 0 Å². The van der Waals surface area contributed by atoms with Crippen LogP contribution in [0.15, 0.2) is 77.4 Å². The molecule has 1 N–H and O–H groups in total. The molecule has 1 atom stereocenters. The van der Waals surface area contributed by atoms with Gasteiger partial charge in [0.1, 0.15) is 5.75 Å². The van der Waals surface area contributed by atoms with E-state index in [1.165, 1.54) is 13.8 Å². The van der Waals surface area contributed by atoms with E-state index in [1.807, 2.05) is 54.6 Å². The first-order chi connectivity index (χ1) is 17.3. The number of carbonyl (C=O) groups excluding carboxylic acids is 2. The van der Waals surface area contributed by atoms with Crippen LogP contribution in [0, 0.1) is 0 Å². The van der Waals surface area contributed by atoms with Crippen LogP contribution in [-0.2, 0) is 16.0 Å². The monoisotopic (exact) mass is 541 g/mol. The molecule has 180 valence electrons. The van der Waals surface area contributed by atoms with Crippen LogP contribution < -0.4 is 0 Å². The first-order valence-corrected chi connectivity index (χ1v) is 12.5. The van der Waals surface area contributed by atoms with Gasteiger partial charge in [-0.2, -0.15) is 0 Å². The van der Waals surface area contributed by atoms with Gasteiger partial charge in [0, 0.05) is 40.2 Å². The average molecular weight is 542 g/mol. The molecule has 0 bridgehead atoms. The molecule has 0 saturated heterocycles. The number of ketones is 1. The van der Waals surface area contributed by atoms with Crippen molar-refractivity contribution >= 4 is 27.7 Å². The molecule has 0 spiro atoms. The molecular formula is C30H24BrNO4. The second-order valence-electron chi connectivity index (χ2n) is 8.95. The maximum Gasteiger partial charge on any atom is 0.302 e. The van der Waals surface area contributed by atoms with Crippen molar-refractivity contribution in [2.75, 3.05) is 6.61 Å². The summed E-state index contributed by atoms with van der Waals surface area (Å²) >= 11 is 3.50. The molecule has 0 fully saturated rings. The summed E-state index contributed by atoms with van der Waals surface area (Å²) in [5, 5.41) is 11.1. The van der Waals surface area contributed by atoms with Crippen molar-refractivity contribution in [2.24, 2.45) is 0 Å². The Morgan fingerprint density at radius 3 is 2.39 bits per heavy atom. The first kappa shape index (κ1) is 23.9. The molecule has 1 unspecified atom stereocenters. The van der Waals surface area contributed by atoms with Crippen LogP contribution in [-0.4, -0.2) is 28.4 Å². The number of hydrogen-bond acceptors (Lipinski definition) is 5. The highest BCUT2D eigenvalue weighted by Gasteiger charge is 2.32. The number of fused-ring (bicyclic) bond motifs is 3. The molecule has 0 saturated carbocycles. The average Bonchev–Trinajstić information content (AvgIpc) is 2.87. The zero-order chi connectivity index (χ0) is 25.4. The number of Topliss-reactive ketones (excluding diaryl/α,β-unsaturated/α-hetero) is 1. The highest BCUT2D eigenvalue weighted by atomic mass is 79.9. The summed E-state index contributed by atoms with van der Waals surface area (Å²) in [6.07, 6.45) is 2.20. The molecular weight excluding hydrogens is 518 g/mol. The summed E-state index contributed by atoms with van der Waals surface area (Å²) in [4.78, 5) is 28.0. The molecule has 1 heterocycles. The van der Waals surface area contributed by atoms with Gasteiger partial charge in [0.15, 0.2) is 5.78 Å². The topological polar surface area (TPSA) is 76.5 Å². The van der Waals surface area contributed by atoms with Crippen LogP contribution in [0.2, 0.25) is 0 Å². The summed E-state index contributed by atoms with van der Waals surface area (Å²) in [7, 11) is 0. The number of phenolic OH excluding ortho intramolecular Hbond substituents is 1. The van der Waals surface area contributed by atoms with Crippen molar-refractivity contribution in [3.63, 3.8) is 0 Å². The van der Waals surface area contributed by atoms with E-state index in [2.05, 4.69) is 20.9 Å². The van der Waals surface area contributed by atoms with Crippen molar-refractivity contribution < 1.29 is 19.4 Å². The van der Waals surface area contributed by atoms with E-state index < -0.39 is 0 Å². The lowest BCUT2D eigenvalue weighted by Gasteiger charge is -2.31. The van der Waals surface area contributed by atoms with Gasteiger partial charge >= 0.3 is 5.97 Å². The lowest BCUT2D eigenvalue weighted by atomic mass is 9.74. The number of phenols is 1. The second kappa shape index (κ2) is 9.70. The number of carbonyl (C=O) groups is 2. The SMILES string of the molecule is CC(=O)OCC1Cc2c(-c3ccc(C(C)=O)cn3)cccc2-c2c(O)ccc(-c3ccc(Br)cc3)c21. The Balaban J connectivity index is 1.72. The molecule has 0 amide bonds. The maximum absolute atomic E-state index is 11.8. The van der Waals surface area contributed by atoms with Crippen LogP contribution in [0.4, 0.5) is 0 Å². The number of esters is 1. The van der Waals surface area contributed by atoms with E-state index >= 15 is 0 Å². The van der Waals surface area contributed by atoms with Crippen LogP contribution in [0.1, 0.15) is 41.3 Å². The lowest BCUT2D eigenvalue weighted by molar-refractivity contribution is -0.141. The van der Waals surface area contributed by atoms with Gasteiger partial charge < -0.3 is 9.84 Å². The van der Waals surface area contributed by atoms with Gasteiger partial charge in [-0.15, -0.1) is 0 Å². The Morgan fingerprint density at radius 2 is 1.72 bits per heavy atom. The number of hydrogen-bond donors (Lipinski definition) is 1.